The average molecular weight is 518 g/mol. The van der Waals surface area contributed by atoms with Crippen molar-refractivity contribution in [1.82, 2.24) is 9.78 Å². The maximum atomic E-state index is 13.3. The molecule has 0 aliphatic rings. The lowest BCUT2D eigenvalue weighted by Crippen LogP contribution is -2.20. The predicted octanol–water partition coefficient (Wildman–Crippen LogP) is 6.48. The number of amides is 1. The molecule has 2 heterocycles. The van der Waals surface area contributed by atoms with E-state index in [-0.39, 0.29) is 5.82 Å². The third-order valence-corrected chi connectivity index (χ3v) is 7.46. The van der Waals surface area contributed by atoms with E-state index in [0.29, 0.717) is 16.3 Å². The van der Waals surface area contributed by atoms with Crippen molar-refractivity contribution in [3.63, 3.8) is 0 Å². The molecule has 0 atom stereocenters. The molecule has 0 saturated heterocycles. The quantitative estimate of drug-likeness (QED) is 0.250. The minimum Gasteiger partial charge on any atom is -0.451 e. The molecule has 0 radical (unpaired) electrons. The van der Waals surface area contributed by atoms with E-state index >= 15 is 0 Å². The van der Waals surface area contributed by atoms with Crippen molar-refractivity contribution in [2.75, 3.05) is 11.9 Å². The molecule has 3 aromatic carbocycles. The Kier molecular flexibility index (Phi) is 6.84. The number of rotatable bonds is 7. The van der Waals surface area contributed by atoms with Gasteiger partial charge in [0.15, 0.2) is 6.61 Å². The minimum atomic E-state index is -0.594. The number of nitrogens with one attached hydrogen (secondary N) is 1. The zero-order valence-electron chi connectivity index (χ0n) is 19.1. The first-order valence-electron chi connectivity index (χ1n) is 11.0. The first kappa shape index (κ1) is 23.8. The Morgan fingerprint density at radius 2 is 1.75 bits per heavy atom. The molecule has 0 aliphatic carbocycles. The summed E-state index contributed by atoms with van der Waals surface area (Å²) in [5, 5.41) is 8.12. The highest BCUT2D eigenvalue weighted by Gasteiger charge is 2.19. The summed E-state index contributed by atoms with van der Waals surface area (Å²) in [5.74, 6) is -1.36. The van der Waals surface area contributed by atoms with Gasteiger partial charge in [-0.05, 0) is 61.5 Å². The Morgan fingerprint density at radius 3 is 2.53 bits per heavy atom. The first-order chi connectivity index (χ1) is 17.5. The second-order valence-electron chi connectivity index (χ2n) is 7.84. The number of aryl methyl sites for hydroxylation is 1. The minimum absolute atomic E-state index is 0.339. The summed E-state index contributed by atoms with van der Waals surface area (Å²) in [6.45, 7) is 1.42. The largest absolute Gasteiger partial charge is 0.451 e. The van der Waals surface area contributed by atoms with Gasteiger partial charge in [-0.3, -0.25) is 4.79 Å². The number of halogens is 1. The number of esters is 1. The molecule has 2 aromatic heterocycles. The molecule has 0 spiro atoms. The van der Waals surface area contributed by atoms with Crippen LogP contribution in [0.25, 0.3) is 15.9 Å². The van der Waals surface area contributed by atoms with Gasteiger partial charge < -0.3 is 10.1 Å². The number of thiophene rings is 1. The van der Waals surface area contributed by atoms with Crippen LogP contribution in [0.3, 0.4) is 0 Å². The van der Waals surface area contributed by atoms with Crippen LogP contribution < -0.4 is 5.32 Å². The van der Waals surface area contributed by atoms with Gasteiger partial charge in [0.2, 0.25) is 0 Å². The van der Waals surface area contributed by atoms with E-state index in [2.05, 4.69) is 10.4 Å². The Hall–Kier alpha value is -3.95. The summed E-state index contributed by atoms with van der Waals surface area (Å²) in [7, 11) is 0. The highest BCUT2D eigenvalue weighted by atomic mass is 32.2. The number of fused-ring (bicyclic) bond motifs is 1. The second kappa shape index (κ2) is 10.3. The molecule has 6 nitrogen and oxygen atoms in total. The van der Waals surface area contributed by atoms with Gasteiger partial charge in [-0.25, -0.2) is 13.9 Å². The standard InChI is InChI=1S/C27H20FN3O3S2/c1-17-21-15-24(36-26(21)31(30-17)19-13-11-18(28)12-14-19)27(33)34-16-25(32)29-22-9-5-6-10-23(22)35-20-7-3-2-4-8-20/h2-15H,16H2,1H3,(H,29,32). The van der Waals surface area contributed by atoms with Crippen LogP contribution in [0.1, 0.15) is 15.4 Å². The fraction of sp³-hybridized carbons (Fsp3) is 0.0741. The smallest absolute Gasteiger partial charge is 0.348 e. The molecular weight excluding hydrogens is 497 g/mol. The van der Waals surface area contributed by atoms with Crippen LogP contribution in [0.4, 0.5) is 10.1 Å². The predicted molar refractivity (Wildman–Crippen MR) is 140 cm³/mol. The molecule has 36 heavy (non-hydrogen) atoms. The van der Waals surface area contributed by atoms with Crippen LogP contribution in [0, 0.1) is 12.7 Å². The monoisotopic (exact) mass is 517 g/mol. The van der Waals surface area contributed by atoms with E-state index in [1.165, 1.54) is 35.2 Å². The van der Waals surface area contributed by atoms with Crippen molar-refractivity contribution in [2.45, 2.75) is 16.7 Å². The van der Waals surface area contributed by atoms with Gasteiger partial charge in [0.05, 0.1) is 17.1 Å². The Morgan fingerprint density at radius 1 is 1.03 bits per heavy atom. The van der Waals surface area contributed by atoms with Gasteiger partial charge >= 0.3 is 5.97 Å². The van der Waals surface area contributed by atoms with Crippen LogP contribution in [0.5, 0.6) is 0 Å². The molecule has 0 saturated carbocycles. The summed E-state index contributed by atoms with van der Waals surface area (Å²) in [5.41, 5.74) is 2.06. The number of anilines is 1. The van der Waals surface area contributed by atoms with E-state index in [4.69, 9.17) is 4.74 Å². The fourth-order valence-corrected chi connectivity index (χ4v) is 5.57. The molecule has 0 fully saturated rings. The summed E-state index contributed by atoms with van der Waals surface area (Å²) >= 11 is 2.74. The number of hydrogen-bond donors (Lipinski definition) is 1. The number of benzene rings is 3. The van der Waals surface area contributed by atoms with Gasteiger partial charge in [0.25, 0.3) is 5.91 Å². The van der Waals surface area contributed by atoms with Gasteiger partial charge in [0, 0.05) is 15.2 Å². The highest BCUT2D eigenvalue weighted by molar-refractivity contribution is 7.99. The molecule has 180 valence electrons. The van der Waals surface area contributed by atoms with Crippen molar-refractivity contribution in [3.05, 3.63) is 101 Å². The van der Waals surface area contributed by atoms with E-state index in [1.807, 2.05) is 55.5 Å². The highest BCUT2D eigenvalue weighted by Crippen LogP contribution is 2.33. The number of ether oxygens (including phenoxy) is 1. The lowest BCUT2D eigenvalue weighted by Gasteiger charge is -2.11. The number of carbonyl (C=O) groups excluding carboxylic acids is 2. The average Bonchev–Trinajstić information content (AvgIpc) is 3.46. The van der Waals surface area contributed by atoms with Gasteiger partial charge in [0.1, 0.15) is 15.5 Å². The Balaban J connectivity index is 1.26. The molecule has 0 unspecified atom stereocenters. The molecule has 0 aliphatic heterocycles. The number of hydrogen-bond acceptors (Lipinski definition) is 6. The number of nitrogens with zero attached hydrogens (tertiary/aromatic N) is 2. The third-order valence-electron chi connectivity index (χ3n) is 5.28. The van der Waals surface area contributed by atoms with E-state index < -0.39 is 18.5 Å². The normalized spacial score (nSPS) is 10.9. The Labute approximate surface area is 214 Å². The molecule has 5 rings (SSSR count). The third kappa shape index (κ3) is 5.17. The molecule has 5 aromatic rings. The van der Waals surface area contributed by atoms with Crippen LogP contribution in [-0.4, -0.2) is 28.3 Å². The van der Waals surface area contributed by atoms with Gasteiger partial charge in [-0.15, -0.1) is 11.3 Å². The molecule has 0 bridgehead atoms. The fourth-order valence-electron chi connectivity index (χ4n) is 3.57. The lowest BCUT2D eigenvalue weighted by molar-refractivity contribution is -0.119. The molecule has 1 amide bonds. The number of carbonyl (C=O) groups is 2. The first-order valence-corrected chi connectivity index (χ1v) is 12.7. The van der Waals surface area contributed by atoms with Crippen molar-refractivity contribution < 1.29 is 18.7 Å². The summed E-state index contributed by atoms with van der Waals surface area (Å²) in [6, 6.07) is 25.0. The second-order valence-corrected chi connectivity index (χ2v) is 9.98. The maximum absolute atomic E-state index is 13.3. The summed E-state index contributed by atoms with van der Waals surface area (Å²) in [6.07, 6.45) is 0. The SMILES string of the molecule is Cc1nn(-c2ccc(F)cc2)c2sc(C(=O)OCC(=O)Nc3ccccc3Sc3ccccc3)cc12. The van der Waals surface area contributed by atoms with Crippen LogP contribution in [0.15, 0.2) is 94.7 Å². The number of para-hydroxylation sites is 1. The number of aromatic nitrogens is 2. The van der Waals surface area contributed by atoms with Crippen molar-refractivity contribution in [3.8, 4) is 5.69 Å². The van der Waals surface area contributed by atoms with Crippen LogP contribution >= 0.6 is 23.1 Å². The molecule has 9 heteroatoms. The van der Waals surface area contributed by atoms with Crippen molar-refractivity contribution >= 4 is 50.9 Å². The zero-order valence-corrected chi connectivity index (χ0v) is 20.7. The van der Waals surface area contributed by atoms with E-state index in [9.17, 15) is 14.0 Å². The van der Waals surface area contributed by atoms with E-state index in [1.54, 1.807) is 28.9 Å². The zero-order chi connectivity index (χ0) is 25.1. The van der Waals surface area contributed by atoms with Crippen molar-refractivity contribution in [1.29, 1.82) is 0 Å². The summed E-state index contributed by atoms with van der Waals surface area (Å²) in [4.78, 5) is 28.3. The summed E-state index contributed by atoms with van der Waals surface area (Å²) < 4.78 is 20.3. The van der Waals surface area contributed by atoms with Gasteiger partial charge in [-0.1, -0.05) is 42.1 Å². The molecule has 1 N–H and O–H groups in total. The topological polar surface area (TPSA) is 73.2 Å². The van der Waals surface area contributed by atoms with Gasteiger partial charge in [-0.2, -0.15) is 5.10 Å². The van der Waals surface area contributed by atoms with Crippen LogP contribution in [-0.2, 0) is 9.53 Å². The van der Waals surface area contributed by atoms with Crippen LogP contribution in [0.2, 0.25) is 0 Å². The maximum Gasteiger partial charge on any atom is 0.348 e. The Bertz CT molecular complexity index is 1550. The van der Waals surface area contributed by atoms with Crippen molar-refractivity contribution in [2.24, 2.45) is 0 Å². The van der Waals surface area contributed by atoms with E-state index in [0.717, 1.165) is 25.7 Å². The lowest BCUT2D eigenvalue weighted by atomic mass is 10.3. The molecular formula is C27H20FN3O3S2.